The van der Waals surface area contributed by atoms with Crippen LogP contribution in [0.15, 0.2) is 36.9 Å². The lowest BCUT2D eigenvalue weighted by Crippen LogP contribution is -2.19. The Hall–Kier alpha value is -1.16. The topological polar surface area (TPSA) is 30.5 Å². The number of benzene rings is 1. The van der Waals surface area contributed by atoms with Crippen molar-refractivity contribution in [1.82, 2.24) is 5.48 Å². The van der Waals surface area contributed by atoms with Crippen molar-refractivity contribution in [1.29, 1.82) is 0 Å². The predicted octanol–water partition coefficient (Wildman–Crippen LogP) is 1.87. The van der Waals surface area contributed by atoms with Crippen molar-refractivity contribution in [2.24, 2.45) is 0 Å². The Morgan fingerprint density at radius 2 is 2.00 bits per heavy atom. The minimum Gasteiger partial charge on any atom is -0.382 e. The van der Waals surface area contributed by atoms with E-state index in [0.717, 1.165) is 11.1 Å². The Kier molecular flexibility index (Phi) is 5.70. The van der Waals surface area contributed by atoms with Crippen LogP contribution in [0.4, 0.5) is 0 Å². The van der Waals surface area contributed by atoms with Crippen LogP contribution in [0.5, 0.6) is 0 Å². The van der Waals surface area contributed by atoms with Crippen LogP contribution in [0.25, 0.3) is 5.57 Å². The Morgan fingerprint density at radius 1 is 1.27 bits per heavy atom. The molecule has 0 aliphatic rings. The van der Waals surface area contributed by atoms with E-state index in [1.165, 1.54) is 0 Å². The second-order valence-electron chi connectivity index (χ2n) is 3.13. The highest BCUT2D eigenvalue weighted by molar-refractivity contribution is 5.64. The Balaban J connectivity index is 2.20. The minimum absolute atomic E-state index is 0.540. The van der Waals surface area contributed by atoms with Gasteiger partial charge in [0, 0.05) is 13.7 Å². The monoisotopic (exact) mass is 207 g/mol. The maximum absolute atomic E-state index is 5.13. The van der Waals surface area contributed by atoms with Gasteiger partial charge in [-0.25, -0.2) is 0 Å². The first kappa shape index (κ1) is 11.9. The van der Waals surface area contributed by atoms with Crippen LogP contribution in [0, 0.1) is 0 Å². The molecule has 0 aliphatic heterocycles. The van der Waals surface area contributed by atoms with E-state index in [-0.39, 0.29) is 0 Å². The smallest absolute Gasteiger partial charge is 0.0916 e. The summed E-state index contributed by atoms with van der Waals surface area (Å²) in [6.07, 6.45) is 0. The summed E-state index contributed by atoms with van der Waals surface area (Å²) in [4.78, 5) is 5.13. The highest BCUT2D eigenvalue weighted by Crippen LogP contribution is 2.09. The molecular formula is C12H17NO2. The standard InChI is InChI=1S/C12H17NO2/c1-11(10-13-15-9-8-14-2)12-6-4-3-5-7-12/h3-7,13H,1,8-10H2,2H3. The third-order valence-electron chi connectivity index (χ3n) is 1.96. The largest absolute Gasteiger partial charge is 0.382 e. The van der Waals surface area contributed by atoms with E-state index in [4.69, 9.17) is 9.57 Å². The molecule has 0 aliphatic carbocycles. The van der Waals surface area contributed by atoms with E-state index in [9.17, 15) is 0 Å². The third-order valence-corrected chi connectivity index (χ3v) is 1.96. The zero-order valence-electron chi connectivity index (χ0n) is 9.03. The SMILES string of the molecule is C=C(CNOCCOC)c1ccccc1. The van der Waals surface area contributed by atoms with Crippen LogP contribution < -0.4 is 5.48 Å². The molecule has 1 aromatic carbocycles. The maximum atomic E-state index is 5.13. The molecule has 0 bridgehead atoms. The summed E-state index contributed by atoms with van der Waals surface area (Å²) in [5, 5.41) is 0. The van der Waals surface area contributed by atoms with Crippen molar-refractivity contribution < 1.29 is 9.57 Å². The summed E-state index contributed by atoms with van der Waals surface area (Å²) in [7, 11) is 1.65. The molecule has 0 aromatic heterocycles. The number of hydroxylamine groups is 1. The van der Waals surface area contributed by atoms with E-state index in [1.807, 2.05) is 30.3 Å². The normalized spacial score (nSPS) is 10.2. The first-order chi connectivity index (χ1) is 7.34. The van der Waals surface area contributed by atoms with Gasteiger partial charge < -0.3 is 4.74 Å². The molecule has 0 heterocycles. The van der Waals surface area contributed by atoms with Crippen LogP contribution in [0.1, 0.15) is 5.56 Å². The van der Waals surface area contributed by atoms with Gasteiger partial charge in [0.15, 0.2) is 0 Å². The average molecular weight is 207 g/mol. The fraction of sp³-hybridized carbons (Fsp3) is 0.333. The lowest BCUT2D eigenvalue weighted by molar-refractivity contribution is 0.0132. The van der Waals surface area contributed by atoms with E-state index < -0.39 is 0 Å². The maximum Gasteiger partial charge on any atom is 0.0916 e. The fourth-order valence-electron chi connectivity index (χ4n) is 1.11. The highest BCUT2D eigenvalue weighted by Gasteiger charge is 1.96. The Morgan fingerprint density at radius 3 is 2.67 bits per heavy atom. The lowest BCUT2D eigenvalue weighted by atomic mass is 10.1. The van der Waals surface area contributed by atoms with E-state index in [2.05, 4.69) is 12.1 Å². The molecule has 3 nitrogen and oxygen atoms in total. The quantitative estimate of drug-likeness (QED) is 0.547. The summed E-state index contributed by atoms with van der Waals surface area (Å²) in [5.74, 6) is 0. The number of rotatable bonds is 7. The molecule has 1 rings (SSSR count). The van der Waals surface area contributed by atoms with Gasteiger partial charge in [0.05, 0.1) is 13.2 Å². The molecule has 1 N–H and O–H groups in total. The van der Waals surface area contributed by atoms with Gasteiger partial charge in [-0.2, -0.15) is 5.48 Å². The molecule has 0 amide bonds. The summed E-state index contributed by atoms with van der Waals surface area (Å²) in [6, 6.07) is 10.0. The third kappa shape index (κ3) is 4.74. The molecule has 82 valence electrons. The molecule has 15 heavy (non-hydrogen) atoms. The molecule has 0 saturated heterocycles. The van der Waals surface area contributed by atoms with Crippen molar-refractivity contribution in [2.45, 2.75) is 0 Å². The second-order valence-corrected chi connectivity index (χ2v) is 3.13. The van der Waals surface area contributed by atoms with Gasteiger partial charge in [-0.05, 0) is 11.1 Å². The van der Waals surface area contributed by atoms with Gasteiger partial charge in [0.25, 0.3) is 0 Å². The van der Waals surface area contributed by atoms with Crippen molar-refractivity contribution in [3.05, 3.63) is 42.5 Å². The van der Waals surface area contributed by atoms with Crippen LogP contribution >= 0.6 is 0 Å². The van der Waals surface area contributed by atoms with Crippen molar-refractivity contribution in [3.8, 4) is 0 Å². The summed E-state index contributed by atoms with van der Waals surface area (Å²) in [5.41, 5.74) is 4.97. The lowest BCUT2D eigenvalue weighted by Gasteiger charge is -2.07. The number of hydrogen-bond acceptors (Lipinski definition) is 3. The molecule has 0 saturated carbocycles. The zero-order valence-corrected chi connectivity index (χ0v) is 9.03. The zero-order chi connectivity index (χ0) is 10.9. The van der Waals surface area contributed by atoms with Gasteiger partial charge in [-0.3, -0.25) is 4.84 Å². The van der Waals surface area contributed by atoms with Crippen LogP contribution in [-0.4, -0.2) is 26.9 Å². The van der Waals surface area contributed by atoms with Gasteiger partial charge >= 0.3 is 0 Å². The van der Waals surface area contributed by atoms with Crippen LogP contribution in [0.2, 0.25) is 0 Å². The average Bonchev–Trinajstić information content (AvgIpc) is 2.30. The molecule has 0 unspecified atom stereocenters. The van der Waals surface area contributed by atoms with Crippen LogP contribution in [-0.2, 0) is 9.57 Å². The first-order valence-corrected chi connectivity index (χ1v) is 4.91. The first-order valence-electron chi connectivity index (χ1n) is 4.91. The molecule has 3 heteroatoms. The Labute approximate surface area is 90.7 Å². The van der Waals surface area contributed by atoms with Gasteiger partial charge in [0.2, 0.25) is 0 Å². The summed E-state index contributed by atoms with van der Waals surface area (Å²) >= 11 is 0. The van der Waals surface area contributed by atoms with Gasteiger partial charge in [-0.1, -0.05) is 36.9 Å². The van der Waals surface area contributed by atoms with E-state index >= 15 is 0 Å². The minimum atomic E-state index is 0.540. The van der Waals surface area contributed by atoms with Crippen molar-refractivity contribution >= 4 is 5.57 Å². The fourth-order valence-corrected chi connectivity index (χ4v) is 1.11. The molecule has 0 radical (unpaired) electrons. The predicted molar refractivity (Wildman–Crippen MR) is 61.3 cm³/mol. The highest BCUT2D eigenvalue weighted by atomic mass is 16.7. The van der Waals surface area contributed by atoms with Crippen molar-refractivity contribution in [3.63, 3.8) is 0 Å². The number of hydrogen-bond donors (Lipinski definition) is 1. The summed E-state index contributed by atoms with van der Waals surface area (Å²) in [6.45, 7) is 5.72. The second kappa shape index (κ2) is 7.17. The molecule has 0 atom stereocenters. The molecule has 1 aromatic rings. The number of ether oxygens (including phenoxy) is 1. The van der Waals surface area contributed by atoms with Crippen molar-refractivity contribution in [2.75, 3.05) is 26.9 Å². The molecular weight excluding hydrogens is 190 g/mol. The molecule has 0 spiro atoms. The van der Waals surface area contributed by atoms with Gasteiger partial charge in [0.1, 0.15) is 0 Å². The Bertz CT molecular complexity index is 285. The summed E-state index contributed by atoms with van der Waals surface area (Å²) < 4.78 is 4.85. The van der Waals surface area contributed by atoms with E-state index in [0.29, 0.717) is 19.8 Å². The van der Waals surface area contributed by atoms with Crippen LogP contribution in [0.3, 0.4) is 0 Å². The molecule has 0 fully saturated rings. The number of methoxy groups -OCH3 is 1. The number of nitrogens with one attached hydrogen (secondary N) is 1. The van der Waals surface area contributed by atoms with Gasteiger partial charge in [-0.15, -0.1) is 0 Å². The van der Waals surface area contributed by atoms with E-state index in [1.54, 1.807) is 7.11 Å².